The summed E-state index contributed by atoms with van der Waals surface area (Å²) >= 11 is 0. The van der Waals surface area contributed by atoms with Crippen LogP contribution < -0.4 is 15.5 Å². The van der Waals surface area contributed by atoms with Crippen molar-refractivity contribution in [1.29, 1.82) is 0 Å². The number of nitrogens with zero attached hydrogens (tertiary/aromatic N) is 3. The van der Waals surface area contributed by atoms with Gasteiger partial charge in [0.15, 0.2) is 0 Å². The highest BCUT2D eigenvalue weighted by atomic mass is 19.1. The molecule has 0 spiro atoms. The predicted octanol–water partition coefficient (Wildman–Crippen LogP) is 2.27. The van der Waals surface area contributed by atoms with Crippen LogP contribution in [0.3, 0.4) is 0 Å². The van der Waals surface area contributed by atoms with Crippen LogP contribution >= 0.6 is 0 Å². The van der Waals surface area contributed by atoms with E-state index in [4.69, 9.17) is 0 Å². The first kappa shape index (κ1) is 19.3. The second-order valence-electron chi connectivity index (χ2n) is 7.87. The Bertz CT molecular complexity index is 941. The van der Waals surface area contributed by atoms with Crippen LogP contribution in [0.25, 0.3) is 0 Å². The van der Waals surface area contributed by atoms with Crippen LogP contribution in [0.1, 0.15) is 29.8 Å². The molecular formula is C21H24FN5O2. The van der Waals surface area contributed by atoms with Crippen molar-refractivity contribution in [2.45, 2.75) is 38.6 Å². The van der Waals surface area contributed by atoms with Gasteiger partial charge >= 0.3 is 6.03 Å². The maximum atomic E-state index is 13.3. The van der Waals surface area contributed by atoms with Gasteiger partial charge in [-0.2, -0.15) is 0 Å². The van der Waals surface area contributed by atoms with Crippen LogP contribution in [0, 0.1) is 25.6 Å². The van der Waals surface area contributed by atoms with E-state index in [1.807, 2.05) is 20.0 Å². The van der Waals surface area contributed by atoms with Gasteiger partial charge in [0, 0.05) is 31.3 Å². The lowest BCUT2D eigenvalue weighted by atomic mass is 9.74. The molecule has 8 heteroatoms. The number of anilines is 1. The summed E-state index contributed by atoms with van der Waals surface area (Å²) in [5.74, 6) is 0.982. The molecule has 2 N–H and O–H groups in total. The van der Waals surface area contributed by atoms with Gasteiger partial charge in [0.1, 0.15) is 23.0 Å². The minimum absolute atomic E-state index is 0.0292. The molecule has 4 rings (SSSR count). The van der Waals surface area contributed by atoms with Gasteiger partial charge in [0.2, 0.25) is 0 Å². The molecule has 29 heavy (non-hydrogen) atoms. The second kappa shape index (κ2) is 7.42. The fraction of sp³-hybridized carbons (Fsp3) is 0.429. The number of aromatic nitrogens is 2. The van der Waals surface area contributed by atoms with Crippen molar-refractivity contribution in [2.24, 2.45) is 5.92 Å². The molecule has 2 saturated heterocycles. The largest absolute Gasteiger partial charge is 0.356 e. The molecule has 2 aliphatic rings. The van der Waals surface area contributed by atoms with Gasteiger partial charge in [-0.1, -0.05) is 12.1 Å². The standard InChI is InChI=1S/C21H24FN5O2/c1-13-12-23-14(2)24-18(13)27-9-7-16(8-10-27)21(19(28)25-20(29)26-21)11-15-3-5-17(22)6-4-15/h3-6,12,16H,7-11H2,1-2H3,(H2,25,26,28,29)/t21-/m1/s1. The average molecular weight is 397 g/mol. The molecule has 1 atom stereocenters. The van der Waals surface area contributed by atoms with Crippen molar-refractivity contribution in [2.75, 3.05) is 18.0 Å². The maximum absolute atomic E-state index is 13.3. The Morgan fingerprint density at radius 2 is 1.86 bits per heavy atom. The van der Waals surface area contributed by atoms with Crippen LogP contribution in [0.15, 0.2) is 30.5 Å². The fourth-order valence-electron chi connectivity index (χ4n) is 4.41. The molecule has 2 aliphatic heterocycles. The van der Waals surface area contributed by atoms with Gasteiger partial charge in [0.25, 0.3) is 5.91 Å². The summed E-state index contributed by atoms with van der Waals surface area (Å²) in [6.07, 6.45) is 3.63. The van der Waals surface area contributed by atoms with E-state index in [1.165, 1.54) is 12.1 Å². The van der Waals surface area contributed by atoms with Crippen LogP contribution in [0.4, 0.5) is 15.0 Å². The summed E-state index contributed by atoms with van der Waals surface area (Å²) in [6, 6.07) is 5.61. The third kappa shape index (κ3) is 3.66. The highest BCUT2D eigenvalue weighted by molar-refractivity contribution is 6.07. The Labute approximate surface area is 168 Å². The number of urea groups is 1. The molecule has 0 unspecified atom stereocenters. The zero-order valence-corrected chi connectivity index (χ0v) is 16.5. The lowest BCUT2D eigenvalue weighted by molar-refractivity contribution is -0.126. The van der Waals surface area contributed by atoms with Crippen LogP contribution in [-0.4, -0.2) is 40.5 Å². The van der Waals surface area contributed by atoms with Crippen molar-refractivity contribution >= 4 is 17.8 Å². The zero-order chi connectivity index (χ0) is 20.6. The number of piperidine rings is 1. The summed E-state index contributed by atoms with van der Waals surface area (Å²) in [6.45, 7) is 5.32. The number of carbonyl (C=O) groups excluding carboxylic acids is 2. The van der Waals surface area contributed by atoms with Crippen LogP contribution in [-0.2, 0) is 11.2 Å². The average Bonchev–Trinajstić information content (AvgIpc) is 2.99. The second-order valence-corrected chi connectivity index (χ2v) is 7.87. The summed E-state index contributed by atoms with van der Waals surface area (Å²) in [4.78, 5) is 35.8. The lowest BCUT2D eigenvalue weighted by Gasteiger charge is -2.41. The number of hydrogen-bond donors (Lipinski definition) is 2. The molecule has 0 saturated carbocycles. The molecule has 152 valence electrons. The Balaban J connectivity index is 1.55. The van der Waals surface area contributed by atoms with E-state index in [9.17, 15) is 14.0 Å². The van der Waals surface area contributed by atoms with E-state index in [2.05, 4.69) is 25.5 Å². The quantitative estimate of drug-likeness (QED) is 0.773. The van der Waals surface area contributed by atoms with Crippen molar-refractivity contribution in [1.82, 2.24) is 20.6 Å². The first-order chi connectivity index (χ1) is 13.9. The first-order valence-electron chi connectivity index (χ1n) is 9.80. The Hall–Kier alpha value is -3.03. The predicted molar refractivity (Wildman–Crippen MR) is 106 cm³/mol. The SMILES string of the molecule is Cc1ncc(C)c(N2CCC([C@@]3(Cc4ccc(F)cc4)NC(=O)NC3=O)CC2)n1. The van der Waals surface area contributed by atoms with Crippen molar-refractivity contribution < 1.29 is 14.0 Å². The summed E-state index contributed by atoms with van der Waals surface area (Å²) in [5, 5.41) is 5.29. The highest BCUT2D eigenvalue weighted by Gasteiger charge is 2.52. The van der Waals surface area contributed by atoms with Crippen LogP contribution in [0.5, 0.6) is 0 Å². The van der Waals surface area contributed by atoms with Crippen LogP contribution in [0.2, 0.25) is 0 Å². The molecule has 2 fully saturated rings. The molecule has 0 radical (unpaired) electrons. The molecule has 0 aliphatic carbocycles. The highest BCUT2D eigenvalue weighted by Crippen LogP contribution is 2.35. The van der Waals surface area contributed by atoms with Crippen molar-refractivity contribution in [3.63, 3.8) is 0 Å². The van der Waals surface area contributed by atoms with Gasteiger partial charge in [0.05, 0.1) is 0 Å². The van der Waals surface area contributed by atoms with Gasteiger partial charge in [-0.3, -0.25) is 10.1 Å². The molecule has 1 aromatic heterocycles. The summed E-state index contributed by atoms with van der Waals surface area (Å²) < 4.78 is 13.3. The summed E-state index contributed by atoms with van der Waals surface area (Å²) in [7, 11) is 0. The molecule has 2 aromatic rings. The fourth-order valence-corrected chi connectivity index (χ4v) is 4.41. The van der Waals surface area contributed by atoms with Gasteiger partial charge < -0.3 is 10.2 Å². The van der Waals surface area contributed by atoms with E-state index in [0.717, 1.165) is 48.7 Å². The topological polar surface area (TPSA) is 87.2 Å². The van der Waals surface area contributed by atoms with Crippen molar-refractivity contribution in [3.05, 3.63) is 53.2 Å². The number of carbonyl (C=O) groups is 2. The zero-order valence-electron chi connectivity index (χ0n) is 16.5. The monoisotopic (exact) mass is 397 g/mol. The Morgan fingerprint density at radius 1 is 1.17 bits per heavy atom. The third-order valence-corrected chi connectivity index (χ3v) is 5.92. The normalized spacial score (nSPS) is 22.5. The van der Waals surface area contributed by atoms with E-state index in [1.54, 1.807) is 12.1 Å². The number of rotatable bonds is 4. The van der Waals surface area contributed by atoms with E-state index >= 15 is 0 Å². The number of aryl methyl sites for hydroxylation is 2. The first-order valence-corrected chi connectivity index (χ1v) is 9.80. The number of nitrogens with one attached hydrogen (secondary N) is 2. The number of hydrogen-bond acceptors (Lipinski definition) is 5. The number of benzene rings is 1. The molecule has 3 amide bonds. The molecular weight excluding hydrogens is 373 g/mol. The minimum Gasteiger partial charge on any atom is -0.356 e. The van der Waals surface area contributed by atoms with Gasteiger partial charge in [-0.15, -0.1) is 0 Å². The molecule has 0 bridgehead atoms. The van der Waals surface area contributed by atoms with Crippen molar-refractivity contribution in [3.8, 4) is 0 Å². The third-order valence-electron chi connectivity index (χ3n) is 5.92. The maximum Gasteiger partial charge on any atom is 0.322 e. The Kier molecular flexibility index (Phi) is 4.94. The van der Waals surface area contributed by atoms with E-state index < -0.39 is 11.6 Å². The van der Waals surface area contributed by atoms with Gasteiger partial charge in [-0.25, -0.2) is 19.2 Å². The summed E-state index contributed by atoms with van der Waals surface area (Å²) in [5.41, 5.74) is 0.813. The lowest BCUT2D eigenvalue weighted by Crippen LogP contribution is -2.57. The Morgan fingerprint density at radius 3 is 2.48 bits per heavy atom. The number of halogens is 1. The molecule has 7 nitrogen and oxygen atoms in total. The van der Waals surface area contributed by atoms with E-state index in [-0.39, 0.29) is 17.6 Å². The number of imide groups is 1. The molecule has 1 aromatic carbocycles. The molecule has 3 heterocycles. The smallest absolute Gasteiger partial charge is 0.322 e. The minimum atomic E-state index is -1.02. The number of amides is 3. The van der Waals surface area contributed by atoms with Gasteiger partial charge in [-0.05, 0) is 50.3 Å². The van der Waals surface area contributed by atoms with E-state index in [0.29, 0.717) is 6.42 Å².